The van der Waals surface area contributed by atoms with Crippen molar-refractivity contribution in [2.45, 2.75) is 20.1 Å². The van der Waals surface area contributed by atoms with E-state index < -0.39 is 0 Å². The van der Waals surface area contributed by atoms with E-state index in [-0.39, 0.29) is 18.1 Å². The first kappa shape index (κ1) is 22.8. The molecule has 0 radical (unpaired) electrons. The fourth-order valence-corrected chi connectivity index (χ4v) is 3.81. The van der Waals surface area contributed by atoms with E-state index in [0.717, 1.165) is 32.3 Å². The summed E-state index contributed by atoms with van der Waals surface area (Å²) < 4.78 is 12.7. The van der Waals surface area contributed by atoms with Crippen LogP contribution in [-0.2, 0) is 13.2 Å². The van der Waals surface area contributed by atoms with E-state index in [1.165, 1.54) is 0 Å². The molecule has 1 aromatic heterocycles. The van der Waals surface area contributed by atoms with Crippen LogP contribution >= 0.6 is 28.3 Å². The molecule has 0 aliphatic heterocycles. The van der Waals surface area contributed by atoms with Gasteiger partial charge < -0.3 is 24.8 Å². The van der Waals surface area contributed by atoms with Gasteiger partial charge in [-0.25, -0.2) is 4.79 Å². The summed E-state index contributed by atoms with van der Waals surface area (Å²) in [5.74, 6) is 1.39. The lowest BCUT2D eigenvalue weighted by Gasteiger charge is -2.16. The zero-order valence-electron chi connectivity index (χ0n) is 16.9. The highest BCUT2D eigenvalue weighted by atomic mass is 79.9. The number of nitrogens with one attached hydrogen (secondary N) is 3. The van der Waals surface area contributed by atoms with Crippen LogP contribution in [0.4, 0.5) is 5.69 Å². The maximum Gasteiger partial charge on any atom is 0.323 e. The van der Waals surface area contributed by atoms with Crippen LogP contribution in [0.5, 0.6) is 11.5 Å². The maximum absolute atomic E-state index is 11.4. The summed E-state index contributed by atoms with van der Waals surface area (Å²) in [6, 6.07) is 19.7. The van der Waals surface area contributed by atoms with E-state index in [9.17, 15) is 4.79 Å². The highest BCUT2D eigenvalue weighted by Crippen LogP contribution is 2.37. The Kier molecular flexibility index (Phi) is 7.65. The minimum atomic E-state index is -0.210. The van der Waals surface area contributed by atoms with Crippen molar-refractivity contribution in [2.75, 3.05) is 11.9 Å². The Morgan fingerprint density at radius 2 is 1.71 bits per heavy atom. The Labute approximate surface area is 194 Å². The van der Waals surface area contributed by atoms with Crippen LogP contribution in [-0.4, -0.2) is 16.6 Å². The summed E-state index contributed by atoms with van der Waals surface area (Å²) in [5.41, 5.74) is 4.39. The van der Waals surface area contributed by atoms with E-state index in [0.29, 0.717) is 31.3 Å². The van der Waals surface area contributed by atoms with Crippen LogP contribution in [0.25, 0.3) is 11.0 Å². The Hall–Kier alpha value is -2.90. The zero-order chi connectivity index (χ0) is 20.9. The van der Waals surface area contributed by atoms with E-state index >= 15 is 0 Å². The van der Waals surface area contributed by atoms with Gasteiger partial charge in [0.05, 0.1) is 22.1 Å². The van der Waals surface area contributed by atoms with E-state index in [2.05, 4.69) is 31.2 Å². The summed E-state index contributed by atoms with van der Waals surface area (Å²) in [6.45, 7) is 3.55. The lowest BCUT2D eigenvalue weighted by Crippen LogP contribution is -2.04. The third-order valence-corrected chi connectivity index (χ3v) is 5.20. The number of ether oxygens (including phenoxy) is 2. The molecule has 6 nitrogen and oxygen atoms in total. The zero-order valence-corrected chi connectivity index (χ0v) is 19.3. The van der Waals surface area contributed by atoms with Gasteiger partial charge in [0.25, 0.3) is 0 Å². The van der Waals surface area contributed by atoms with Crippen molar-refractivity contribution < 1.29 is 9.47 Å². The van der Waals surface area contributed by atoms with Crippen LogP contribution in [0.3, 0.4) is 0 Å². The average Bonchev–Trinajstić information content (AvgIpc) is 3.12. The summed E-state index contributed by atoms with van der Waals surface area (Å²) in [4.78, 5) is 16.9. The molecule has 0 amide bonds. The lowest BCUT2D eigenvalue weighted by atomic mass is 10.2. The molecule has 3 aromatic carbocycles. The Bertz CT molecular complexity index is 1210. The molecule has 0 aliphatic rings. The molecule has 0 saturated carbocycles. The molecule has 31 heavy (non-hydrogen) atoms. The van der Waals surface area contributed by atoms with Crippen LogP contribution in [0.1, 0.15) is 18.1 Å². The summed E-state index contributed by atoms with van der Waals surface area (Å²) in [5, 5.41) is 3.38. The van der Waals surface area contributed by atoms with Gasteiger partial charge in [-0.15, -0.1) is 12.4 Å². The fourth-order valence-electron chi connectivity index (χ4n) is 3.20. The summed E-state index contributed by atoms with van der Waals surface area (Å²) >= 11 is 3.63. The lowest BCUT2D eigenvalue weighted by molar-refractivity contribution is 0.267. The minimum Gasteiger partial charge on any atom is -0.490 e. The number of hydrogen-bond acceptors (Lipinski definition) is 4. The first-order valence-corrected chi connectivity index (χ1v) is 10.5. The molecule has 0 aliphatic carbocycles. The van der Waals surface area contributed by atoms with Gasteiger partial charge in [-0.1, -0.05) is 30.3 Å². The van der Waals surface area contributed by atoms with Crippen molar-refractivity contribution in [1.29, 1.82) is 0 Å². The van der Waals surface area contributed by atoms with Crippen molar-refractivity contribution in [3.05, 3.63) is 86.7 Å². The summed E-state index contributed by atoms with van der Waals surface area (Å²) in [6.07, 6.45) is 0. The van der Waals surface area contributed by atoms with Crippen LogP contribution in [0.2, 0.25) is 0 Å². The van der Waals surface area contributed by atoms with Crippen molar-refractivity contribution in [2.24, 2.45) is 0 Å². The third kappa shape index (κ3) is 5.62. The topological polar surface area (TPSA) is 79.1 Å². The van der Waals surface area contributed by atoms with E-state index in [1.54, 1.807) is 0 Å². The van der Waals surface area contributed by atoms with Gasteiger partial charge in [-0.3, -0.25) is 0 Å². The van der Waals surface area contributed by atoms with Gasteiger partial charge in [0.2, 0.25) is 0 Å². The minimum absolute atomic E-state index is 0. The molecule has 0 unspecified atom stereocenters. The molecule has 0 fully saturated rings. The third-order valence-electron chi connectivity index (χ3n) is 4.61. The second-order valence-electron chi connectivity index (χ2n) is 6.81. The second kappa shape index (κ2) is 10.4. The smallest absolute Gasteiger partial charge is 0.323 e. The average molecular weight is 505 g/mol. The van der Waals surface area contributed by atoms with Crippen LogP contribution in [0, 0.1) is 0 Å². The molecular weight excluding hydrogens is 482 g/mol. The molecular formula is C23H23BrClN3O3. The Morgan fingerprint density at radius 1 is 0.935 bits per heavy atom. The summed E-state index contributed by atoms with van der Waals surface area (Å²) in [7, 11) is 0. The quantitative estimate of drug-likeness (QED) is 0.290. The first-order chi connectivity index (χ1) is 14.6. The number of benzene rings is 3. The molecule has 0 spiro atoms. The fraction of sp³-hybridized carbons (Fsp3) is 0.174. The van der Waals surface area contributed by atoms with Gasteiger partial charge in [0, 0.05) is 12.2 Å². The van der Waals surface area contributed by atoms with Crippen LogP contribution < -0.4 is 20.5 Å². The van der Waals surface area contributed by atoms with Gasteiger partial charge in [0.1, 0.15) is 6.61 Å². The standard InChI is InChI=1S/C23H22BrN3O3.ClH/c1-2-29-21-11-16(10-18(24)22(21)30-14-15-6-4-3-5-7-15)13-25-17-8-9-19-20(12-17)27-23(28)26-19;/h3-12,25H,2,13-14H2,1H3,(H2,26,27,28);1H. The molecule has 0 saturated heterocycles. The molecule has 1 heterocycles. The van der Waals surface area contributed by atoms with Crippen LogP contribution in [0.15, 0.2) is 69.9 Å². The number of aromatic nitrogens is 2. The first-order valence-electron chi connectivity index (χ1n) is 9.70. The highest BCUT2D eigenvalue weighted by Gasteiger charge is 2.13. The van der Waals surface area contributed by atoms with Gasteiger partial charge in [0.15, 0.2) is 11.5 Å². The number of rotatable bonds is 8. The monoisotopic (exact) mass is 503 g/mol. The van der Waals surface area contributed by atoms with Gasteiger partial charge >= 0.3 is 5.69 Å². The number of hydrogen-bond donors (Lipinski definition) is 3. The number of fused-ring (bicyclic) bond motifs is 1. The number of halogens is 2. The van der Waals surface area contributed by atoms with Crippen molar-refractivity contribution in [3.8, 4) is 11.5 Å². The number of H-pyrrole nitrogens is 2. The second-order valence-corrected chi connectivity index (χ2v) is 7.66. The molecule has 162 valence electrons. The number of imidazole rings is 1. The van der Waals surface area contributed by atoms with Gasteiger partial charge in [-0.05, 0) is 64.3 Å². The normalized spacial score (nSPS) is 10.5. The van der Waals surface area contributed by atoms with Gasteiger partial charge in [-0.2, -0.15) is 0 Å². The molecule has 0 atom stereocenters. The highest BCUT2D eigenvalue weighted by molar-refractivity contribution is 9.10. The maximum atomic E-state index is 11.4. The largest absolute Gasteiger partial charge is 0.490 e. The SMILES string of the molecule is CCOc1cc(CNc2ccc3[nH]c(=O)[nH]c3c2)cc(Br)c1OCc1ccccc1.Cl. The van der Waals surface area contributed by atoms with Crippen molar-refractivity contribution >= 4 is 45.1 Å². The number of anilines is 1. The predicted molar refractivity (Wildman–Crippen MR) is 130 cm³/mol. The molecule has 3 N–H and O–H groups in total. The Balaban J connectivity index is 0.00000272. The molecule has 4 rings (SSSR count). The van der Waals surface area contributed by atoms with E-state index in [4.69, 9.17) is 9.47 Å². The Morgan fingerprint density at radius 3 is 2.48 bits per heavy atom. The number of aromatic amines is 2. The van der Waals surface area contributed by atoms with E-state index in [1.807, 2.05) is 67.6 Å². The molecule has 4 aromatic rings. The predicted octanol–water partition coefficient (Wildman–Crippen LogP) is 5.63. The van der Waals surface area contributed by atoms with Crippen molar-refractivity contribution in [3.63, 3.8) is 0 Å². The molecule has 8 heteroatoms. The van der Waals surface area contributed by atoms with Crippen molar-refractivity contribution in [1.82, 2.24) is 9.97 Å². The molecule has 0 bridgehead atoms.